The molecule has 0 aromatic rings. The molecule has 3 fully saturated rings. The van der Waals surface area contributed by atoms with Gasteiger partial charge in [0.25, 0.3) is 0 Å². The van der Waals surface area contributed by atoms with E-state index in [9.17, 15) is 9.90 Å². The van der Waals surface area contributed by atoms with Gasteiger partial charge in [-0.3, -0.25) is 4.79 Å². The monoisotopic (exact) mass is 456 g/mol. The summed E-state index contributed by atoms with van der Waals surface area (Å²) in [6.07, 6.45) is 19.0. The standard InChI is InChI=1S/C31H52O2/c1-6-8-24(32)19-21(2)9-7-10-22(3)27-13-14-28-26-12-11-23-20-25(33)15-17-30(23,4)29(26)16-18-31(27,28)5/h11,21-22,25-29,33H,6-10,12-20H2,1-5H3/t21?,22?,25-,26-,27+,28-,29-,30-,31+/m0/s1. The predicted molar refractivity (Wildman–Crippen MR) is 138 cm³/mol. The molecule has 3 saturated carbocycles. The first kappa shape index (κ1) is 25.5. The lowest BCUT2D eigenvalue weighted by molar-refractivity contribution is -0.119. The van der Waals surface area contributed by atoms with Gasteiger partial charge in [0.2, 0.25) is 0 Å². The number of carbonyl (C=O) groups is 1. The summed E-state index contributed by atoms with van der Waals surface area (Å²) >= 11 is 0. The molecule has 2 heteroatoms. The minimum atomic E-state index is -0.0982. The third-order valence-corrected chi connectivity index (χ3v) is 11.3. The molecule has 0 heterocycles. The molecule has 0 spiro atoms. The van der Waals surface area contributed by atoms with Gasteiger partial charge in [0.05, 0.1) is 6.10 Å². The highest BCUT2D eigenvalue weighted by atomic mass is 16.3. The van der Waals surface area contributed by atoms with Gasteiger partial charge in [-0.05, 0) is 104 Å². The molecule has 9 atom stereocenters. The Kier molecular flexibility index (Phi) is 7.84. The number of carbonyl (C=O) groups excluding carboxylic acids is 1. The number of rotatable bonds is 9. The first-order valence-corrected chi connectivity index (χ1v) is 14.6. The molecule has 0 amide bonds. The summed E-state index contributed by atoms with van der Waals surface area (Å²) in [5.41, 5.74) is 2.48. The zero-order valence-electron chi connectivity index (χ0n) is 22.4. The van der Waals surface area contributed by atoms with Gasteiger partial charge in [0, 0.05) is 12.8 Å². The van der Waals surface area contributed by atoms with Crippen molar-refractivity contribution in [1.82, 2.24) is 0 Å². The van der Waals surface area contributed by atoms with E-state index < -0.39 is 0 Å². The van der Waals surface area contributed by atoms with Gasteiger partial charge in [-0.2, -0.15) is 0 Å². The largest absolute Gasteiger partial charge is 0.393 e. The Balaban J connectivity index is 1.35. The molecule has 0 aromatic carbocycles. The maximum Gasteiger partial charge on any atom is 0.133 e. The lowest BCUT2D eigenvalue weighted by atomic mass is 9.47. The van der Waals surface area contributed by atoms with Crippen molar-refractivity contribution in [3.8, 4) is 0 Å². The van der Waals surface area contributed by atoms with Crippen LogP contribution in [-0.4, -0.2) is 17.0 Å². The SMILES string of the molecule is CCCC(=O)CC(C)CCCC(C)[C@H]1CC[C@H]2[C@@H]3CC=C4C[C@@H](O)CC[C@]4(C)[C@H]3CC[C@]12C. The molecule has 33 heavy (non-hydrogen) atoms. The van der Waals surface area contributed by atoms with Gasteiger partial charge in [0.15, 0.2) is 0 Å². The third-order valence-electron chi connectivity index (χ3n) is 11.3. The summed E-state index contributed by atoms with van der Waals surface area (Å²) < 4.78 is 0. The van der Waals surface area contributed by atoms with Crippen LogP contribution in [-0.2, 0) is 4.79 Å². The lowest BCUT2D eigenvalue weighted by Gasteiger charge is -2.58. The minimum Gasteiger partial charge on any atom is -0.393 e. The molecule has 0 aromatic heterocycles. The van der Waals surface area contributed by atoms with Gasteiger partial charge in [-0.25, -0.2) is 0 Å². The van der Waals surface area contributed by atoms with Crippen LogP contribution in [0.4, 0.5) is 0 Å². The van der Waals surface area contributed by atoms with Gasteiger partial charge >= 0.3 is 0 Å². The molecule has 2 unspecified atom stereocenters. The Morgan fingerprint density at radius 1 is 1.09 bits per heavy atom. The van der Waals surface area contributed by atoms with Gasteiger partial charge in [0.1, 0.15) is 5.78 Å². The second-order valence-electron chi connectivity index (χ2n) is 13.4. The lowest BCUT2D eigenvalue weighted by Crippen LogP contribution is -2.50. The van der Waals surface area contributed by atoms with Crippen LogP contribution < -0.4 is 0 Å². The zero-order valence-corrected chi connectivity index (χ0v) is 22.4. The third kappa shape index (κ3) is 4.89. The molecule has 0 saturated heterocycles. The van der Waals surface area contributed by atoms with Crippen molar-refractivity contribution in [1.29, 1.82) is 0 Å². The Morgan fingerprint density at radius 3 is 2.64 bits per heavy atom. The molecule has 0 bridgehead atoms. The van der Waals surface area contributed by atoms with Crippen LogP contribution in [0, 0.1) is 46.3 Å². The fourth-order valence-electron chi connectivity index (χ4n) is 9.48. The van der Waals surface area contributed by atoms with Crippen molar-refractivity contribution < 1.29 is 9.90 Å². The van der Waals surface area contributed by atoms with Crippen molar-refractivity contribution in [3.05, 3.63) is 11.6 Å². The quantitative estimate of drug-likeness (QED) is 0.356. The van der Waals surface area contributed by atoms with E-state index in [0.29, 0.717) is 22.5 Å². The van der Waals surface area contributed by atoms with Crippen LogP contribution in [0.3, 0.4) is 0 Å². The molecule has 0 radical (unpaired) electrons. The molecule has 1 N–H and O–H groups in total. The first-order chi connectivity index (χ1) is 15.7. The number of aliphatic hydroxyl groups excluding tert-OH is 1. The van der Waals surface area contributed by atoms with Crippen molar-refractivity contribution in [2.45, 2.75) is 131 Å². The number of ketones is 1. The Labute approximate surface area is 204 Å². The summed E-state index contributed by atoms with van der Waals surface area (Å²) in [5, 5.41) is 10.3. The zero-order chi connectivity index (χ0) is 23.8. The van der Waals surface area contributed by atoms with E-state index in [1.807, 2.05) is 0 Å². The van der Waals surface area contributed by atoms with E-state index in [1.54, 1.807) is 5.57 Å². The van der Waals surface area contributed by atoms with Crippen LogP contribution >= 0.6 is 0 Å². The topological polar surface area (TPSA) is 37.3 Å². The normalized spacial score (nSPS) is 42.0. The summed E-state index contributed by atoms with van der Waals surface area (Å²) in [7, 11) is 0. The van der Waals surface area contributed by atoms with E-state index >= 15 is 0 Å². The molecular formula is C31H52O2. The highest BCUT2D eigenvalue weighted by molar-refractivity contribution is 5.78. The molecule has 4 rings (SSSR count). The maximum absolute atomic E-state index is 12.0. The number of hydrogen-bond donors (Lipinski definition) is 1. The second-order valence-corrected chi connectivity index (χ2v) is 13.4. The van der Waals surface area contributed by atoms with E-state index in [-0.39, 0.29) is 6.10 Å². The van der Waals surface area contributed by atoms with Gasteiger partial charge < -0.3 is 5.11 Å². The van der Waals surface area contributed by atoms with Crippen molar-refractivity contribution in [3.63, 3.8) is 0 Å². The highest BCUT2D eigenvalue weighted by Crippen LogP contribution is 2.67. The number of aliphatic hydroxyl groups is 1. The molecule has 0 aliphatic heterocycles. The summed E-state index contributed by atoms with van der Waals surface area (Å²) in [5.74, 6) is 5.32. The van der Waals surface area contributed by atoms with Crippen LogP contribution in [0.25, 0.3) is 0 Å². The first-order valence-electron chi connectivity index (χ1n) is 14.6. The molecule has 2 nitrogen and oxygen atoms in total. The van der Waals surface area contributed by atoms with Crippen molar-refractivity contribution in [2.24, 2.45) is 46.3 Å². The van der Waals surface area contributed by atoms with Gasteiger partial charge in [-0.15, -0.1) is 0 Å². The molecule has 188 valence electrons. The Bertz CT molecular complexity index is 724. The van der Waals surface area contributed by atoms with Gasteiger partial charge in [-0.1, -0.05) is 65.5 Å². The second kappa shape index (κ2) is 10.2. The molecular weight excluding hydrogens is 404 g/mol. The highest BCUT2D eigenvalue weighted by Gasteiger charge is 2.59. The maximum atomic E-state index is 12.0. The van der Waals surface area contributed by atoms with E-state index in [1.165, 1.54) is 57.8 Å². The van der Waals surface area contributed by atoms with Crippen LogP contribution in [0.1, 0.15) is 125 Å². The van der Waals surface area contributed by atoms with E-state index in [4.69, 9.17) is 0 Å². The minimum absolute atomic E-state index is 0.0982. The Morgan fingerprint density at radius 2 is 1.88 bits per heavy atom. The molecule has 4 aliphatic rings. The van der Waals surface area contributed by atoms with Crippen molar-refractivity contribution in [2.75, 3.05) is 0 Å². The number of allylic oxidation sites excluding steroid dienone is 1. The van der Waals surface area contributed by atoms with Crippen molar-refractivity contribution >= 4 is 5.78 Å². The van der Waals surface area contributed by atoms with Crippen LogP contribution in [0.5, 0.6) is 0 Å². The number of Topliss-reactive ketones (excluding diaryl/α,β-unsaturated/α-hetero) is 1. The fourth-order valence-corrected chi connectivity index (χ4v) is 9.48. The fraction of sp³-hybridized carbons (Fsp3) is 0.903. The summed E-state index contributed by atoms with van der Waals surface area (Å²) in [6, 6.07) is 0. The average molecular weight is 457 g/mol. The smallest absolute Gasteiger partial charge is 0.133 e. The van der Waals surface area contributed by atoms with E-state index in [0.717, 1.165) is 61.7 Å². The predicted octanol–water partition coefficient (Wildman–Crippen LogP) is 8.13. The number of fused-ring (bicyclic) bond motifs is 5. The summed E-state index contributed by atoms with van der Waals surface area (Å²) in [4.78, 5) is 12.0. The summed E-state index contributed by atoms with van der Waals surface area (Å²) in [6.45, 7) is 12.1. The van der Waals surface area contributed by atoms with Crippen LogP contribution in [0.2, 0.25) is 0 Å². The molecule has 4 aliphatic carbocycles. The van der Waals surface area contributed by atoms with E-state index in [2.05, 4.69) is 40.7 Å². The number of hydrogen-bond acceptors (Lipinski definition) is 2. The Hall–Kier alpha value is -0.630. The average Bonchev–Trinajstić information content (AvgIpc) is 3.11. The van der Waals surface area contributed by atoms with Crippen LogP contribution in [0.15, 0.2) is 11.6 Å².